The molecule has 3 amide bonds. The van der Waals surface area contributed by atoms with Gasteiger partial charge in [0.05, 0.1) is 31.3 Å². The van der Waals surface area contributed by atoms with Crippen LogP contribution in [0.1, 0.15) is 37.5 Å². The molecule has 12 aromatic rings. The summed E-state index contributed by atoms with van der Waals surface area (Å²) in [5.74, 6) is 2.72. The van der Waals surface area contributed by atoms with Gasteiger partial charge in [-0.25, -0.2) is 34.3 Å². The molecule has 0 spiro atoms. The third kappa shape index (κ3) is 22.9. The molecule has 25 heteroatoms. The second-order valence-corrected chi connectivity index (χ2v) is 28.2. The maximum absolute atomic E-state index is 13.1. The van der Waals surface area contributed by atoms with Crippen LogP contribution in [0.3, 0.4) is 0 Å². The van der Waals surface area contributed by atoms with Crippen LogP contribution in [0.5, 0.6) is 11.5 Å². The standard InChI is InChI=1S/C31H34N6O3.C29H29ClN6O.C29H29FN6O/c1-22(38)33-25-6-4-24(5-7-25)30-12-13-32-31(35-30)34-26-8-10-27(11-9-26)37-16-14-36(15-17-37)21-23-18-28(39-2)20-29(19-23)40-3;1-21(37)32-24-8-6-22(7-9-24)28-14-15-31-29(34-28)33-25-10-12-26(13-11-25)36-18-16-35(17-19-36)20-23-4-2-3-5-27(23)30;1-21(37)32-25-8-4-23(5-9-25)28-14-15-31-29(34-28)33-26-10-12-27(13-11-26)36-18-16-35(17-19-36)20-22-2-6-24(30)7-3-22/h4-13,18-20H,14-17,21H2,1-3H3,(H,33,38)(H,32,34,35);2*2-15H,16-20H2,1H3,(H,32,37)(H,31,33,34). The number of anilines is 12. The Morgan fingerprint density at radius 1 is 0.368 bits per heavy atom. The van der Waals surface area contributed by atoms with Crippen molar-refractivity contribution in [3.63, 3.8) is 0 Å². The SMILES string of the molecule is CC(=O)Nc1ccc(-c2ccnc(Nc3ccc(N4CCN(Cc5ccc(F)cc5)CC4)cc3)n2)cc1.CC(=O)Nc1ccc(-c2ccnc(Nc3ccc(N4CCN(Cc5ccccc5Cl)CC4)cc3)n2)cc1.COc1cc(CN2CCN(c3ccc(Nc4nccc(-c5ccc(NC(C)=O)cc5)n4)cc3)CC2)cc(OC)c1. The molecule has 23 nitrogen and oxygen atoms in total. The number of piperazine rings is 3. The van der Waals surface area contributed by atoms with E-state index in [0.29, 0.717) is 17.8 Å². The number of hydrogen-bond acceptors (Lipinski definition) is 20. The largest absolute Gasteiger partial charge is 0.497 e. The van der Waals surface area contributed by atoms with E-state index in [9.17, 15) is 18.8 Å². The molecule has 0 radical (unpaired) electrons. The lowest BCUT2D eigenvalue weighted by Crippen LogP contribution is -2.46. The number of carbonyl (C=O) groups excluding carboxylic acids is 3. The number of halogens is 2. The number of methoxy groups -OCH3 is 2. The smallest absolute Gasteiger partial charge is 0.227 e. The molecule has 0 unspecified atom stereocenters. The van der Waals surface area contributed by atoms with E-state index in [1.807, 2.05) is 140 Å². The minimum atomic E-state index is -0.194. The van der Waals surface area contributed by atoms with E-state index < -0.39 is 0 Å². The molecule has 3 aromatic heterocycles. The minimum Gasteiger partial charge on any atom is -0.497 e. The molecule has 15 rings (SSSR count). The predicted octanol–water partition coefficient (Wildman–Crippen LogP) is 16.3. The zero-order chi connectivity index (χ0) is 79.1. The third-order valence-corrected chi connectivity index (χ3v) is 19.9. The highest BCUT2D eigenvalue weighted by Gasteiger charge is 2.22. The van der Waals surface area contributed by atoms with E-state index >= 15 is 0 Å². The fourth-order valence-electron chi connectivity index (χ4n) is 13.6. The van der Waals surface area contributed by atoms with Crippen molar-refractivity contribution in [2.45, 2.75) is 40.4 Å². The van der Waals surface area contributed by atoms with Gasteiger partial charge in [-0.1, -0.05) is 78.3 Å². The first-order valence-electron chi connectivity index (χ1n) is 37.9. The molecule has 3 aliphatic heterocycles. The van der Waals surface area contributed by atoms with Gasteiger partial charge in [0.25, 0.3) is 0 Å². The first-order chi connectivity index (χ1) is 55.5. The summed E-state index contributed by atoms with van der Waals surface area (Å²) in [5.41, 5.74) is 17.3. The Bertz CT molecular complexity index is 5130. The number of ether oxygens (including phenoxy) is 2. The quantitative estimate of drug-likeness (QED) is 0.0349. The van der Waals surface area contributed by atoms with Crippen molar-refractivity contribution in [1.82, 2.24) is 44.6 Å². The molecule has 0 bridgehead atoms. The summed E-state index contributed by atoms with van der Waals surface area (Å²) >= 11 is 6.34. The molecule has 3 saturated heterocycles. The topological polar surface area (TPSA) is 239 Å². The van der Waals surface area contributed by atoms with Gasteiger partial charge in [0.1, 0.15) is 17.3 Å². The zero-order valence-corrected chi connectivity index (χ0v) is 65.2. The van der Waals surface area contributed by atoms with Gasteiger partial charge in [-0.2, -0.15) is 0 Å². The highest BCUT2D eigenvalue weighted by Crippen LogP contribution is 2.31. The average molecular weight is 1550 g/mol. The van der Waals surface area contributed by atoms with Crippen molar-refractivity contribution in [2.24, 2.45) is 0 Å². The number of nitrogens with one attached hydrogen (secondary N) is 6. The number of benzene rings is 9. The first-order valence-corrected chi connectivity index (χ1v) is 38.3. The lowest BCUT2D eigenvalue weighted by atomic mass is 10.1. The van der Waals surface area contributed by atoms with Crippen LogP contribution in [0.4, 0.5) is 73.4 Å². The Balaban J connectivity index is 0.000000149. The van der Waals surface area contributed by atoms with Crippen LogP contribution in [0.15, 0.2) is 249 Å². The monoisotopic (exact) mass is 1550 g/mol. The molecule has 3 aliphatic rings. The van der Waals surface area contributed by atoms with Crippen molar-refractivity contribution in [3.8, 4) is 45.3 Å². The molecule has 0 aliphatic carbocycles. The highest BCUT2D eigenvalue weighted by molar-refractivity contribution is 6.31. The maximum atomic E-state index is 13.1. The summed E-state index contributed by atoms with van der Waals surface area (Å²) in [6.07, 6.45) is 5.21. The summed E-state index contributed by atoms with van der Waals surface area (Å²) in [6, 6.07) is 74.3. The summed E-state index contributed by atoms with van der Waals surface area (Å²) in [5, 5.41) is 19.1. The molecule has 582 valence electrons. The van der Waals surface area contributed by atoms with E-state index in [1.54, 1.807) is 32.8 Å². The van der Waals surface area contributed by atoms with Crippen molar-refractivity contribution in [1.29, 1.82) is 0 Å². The van der Waals surface area contributed by atoms with Gasteiger partial charge in [0.15, 0.2) is 0 Å². The van der Waals surface area contributed by atoms with E-state index in [0.717, 1.165) is 188 Å². The fourth-order valence-corrected chi connectivity index (χ4v) is 13.8. The van der Waals surface area contributed by atoms with Crippen molar-refractivity contribution in [2.75, 3.05) is 139 Å². The summed E-state index contributed by atoms with van der Waals surface area (Å²) < 4.78 is 24.0. The molecular formula is C89H92ClFN18O5. The molecule has 6 heterocycles. The average Bonchev–Trinajstić information content (AvgIpc) is 0.832. The Kier molecular flexibility index (Phi) is 27.0. The third-order valence-electron chi connectivity index (χ3n) is 19.5. The van der Waals surface area contributed by atoms with Crippen LogP contribution in [0, 0.1) is 5.82 Å². The van der Waals surface area contributed by atoms with E-state index in [1.165, 1.54) is 61.1 Å². The van der Waals surface area contributed by atoms with Crippen molar-refractivity contribution >= 4 is 98.4 Å². The van der Waals surface area contributed by atoms with Gasteiger partial charge in [-0.05, 0) is 174 Å². The summed E-state index contributed by atoms with van der Waals surface area (Å²) in [6.45, 7) is 18.7. The van der Waals surface area contributed by atoms with Gasteiger partial charge in [0, 0.05) is 216 Å². The van der Waals surface area contributed by atoms with Crippen LogP contribution in [-0.4, -0.2) is 155 Å². The molecular weight excluding hydrogens is 1460 g/mol. The molecule has 9 aromatic carbocycles. The van der Waals surface area contributed by atoms with Crippen LogP contribution in [-0.2, 0) is 34.0 Å². The fraction of sp³-hybridized carbons (Fsp3) is 0.225. The van der Waals surface area contributed by atoms with E-state index in [4.69, 9.17) is 21.1 Å². The second-order valence-electron chi connectivity index (χ2n) is 27.8. The molecule has 0 saturated carbocycles. The summed E-state index contributed by atoms with van der Waals surface area (Å²) in [7, 11) is 3.36. The molecule has 3 fully saturated rings. The highest BCUT2D eigenvalue weighted by atomic mass is 35.5. The van der Waals surface area contributed by atoms with E-state index in [2.05, 4.69) is 170 Å². The Labute approximate surface area is 669 Å². The van der Waals surface area contributed by atoms with Gasteiger partial charge in [-0.15, -0.1) is 0 Å². The number of nitrogens with zero attached hydrogens (tertiary/aromatic N) is 12. The van der Waals surface area contributed by atoms with Crippen LogP contribution in [0.2, 0.25) is 5.02 Å². The molecule has 6 N–H and O–H groups in total. The van der Waals surface area contributed by atoms with E-state index in [-0.39, 0.29) is 23.5 Å². The number of rotatable bonds is 23. The van der Waals surface area contributed by atoms with Crippen LogP contribution in [0.25, 0.3) is 33.8 Å². The maximum Gasteiger partial charge on any atom is 0.227 e. The minimum absolute atomic E-state index is 0.0945. The predicted molar refractivity (Wildman–Crippen MR) is 454 cm³/mol. The Morgan fingerprint density at radius 2 is 0.684 bits per heavy atom. The Hall–Kier alpha value is -12.9. The summed E-state index contributed by atoms with van der Waals surface area (Å²) in [4.78, 5) is 75.3. The normalized spacial score (nSPS) is 13.7. The first kappa shape index (κ1) is 79.2. The van der Waals surface area contributed by atoms with Crippen LogP contribution < -0.4 is 56.1 Å². The second kappa shape index (κ2) is 38.9. The zero-order valence-electron chi connectivity index (χ0n) is 64.4. The van der Waals surface area contributed by atoms with Crippen molar-refractivity contribution < 1.29 is 28.2 Å². The number of carbonyl (C=O) groups is 3. The molecule has 114 heavy (non-hydrogen) atoms. The lowest BCUT2D eigenvalue weighted by molar-refractivity contribution is -0.115. The number of hydrogen-bond donors (Lipinski definition) is 6. The van der Waals surface area contributed by atoms with Crippen molar-refractivity contribution in [3.05, 3.63) is 277 Å². The van der Waals surface area contributed by atoms with Gasteiger partial charge >= 0.3 is 0 Å². The van der Waals surface area contributed by atoms with Gasteiger partial charge in [-0.3, -0.25) is 29.1 Å². The lowest BCUT2D eigenvalue weighted by Gasteiger charge is -2.36. The Morgan fingerprint density at radius 3 is 1.01 bits per heavy atom. The van der Waals surface area contributed by atoms with Gasteiger partial charge < -0.3 is 56.1 Å². The molecule has 0 atom stereocenters. The van der Waals surface area contributed by atoms with Gasteiger partial charge in [0.2, 0.25) is 35.6 Å². The number of aromatic nitrogens is 6. The number of amides is 3. The van der Waals surface area contributed by atoms with Crippen LogP contribution >= 0.6 is 11.6 Å².